The number of fused-ring (bicyclic) bond motifs is 1. The van der Waals surface area contributed by atoms with Crippen molar-refractivity contribution in [3.63, 3.8) is 0 Å². The lowest BCUT2D eigenvalue weighted by Crippen LogP contribution is -2.26. The Kier molecular flexibility index (Phi) is 6.35. The molecule has 0 unspecified atom stereocenters. The van der Waals surface area contributed by atoms with Crippen molar-refractivity contribution in [3.8, 4) is 5.75 Å². The van der Waals surface area contributed by atoms with E-state index >= 15 is 0 Å². The quantitative estimate of drug-likeness (QED) is 0.578. The summed E-state index contributed by atoms with van der Waals surface area (Å²) in [6, 6.07) is 13.8. The Morgan fingerprint density at radius 3 is 2.85 bits per heavy atom. The Hall–Kier alpha value is -2.96. The first-order chi connectivity index (χ1) is 13.1. The maximum absolute atomic E-state index is 12.7. The Morgan fingerprint density at radius 2 is 2.00 bits per heavy atom. The lowest BCUT2D eigenvalue weighted by molar-refractivity contribution is -0.121. The van der Waals surface area contributed by atoms with Gasteiger partial charge in [0, 0.05) is 37.2 Å². The molecule has 3 rings (SSSR count). The summed E-state index contributed by atoms with van der Waals surface area (Å²) in [5, 5.41) is 4.87. The zero-order valence-electron chi connectivity index (χ0n) is 14.8. The van der Waals surface area contributed by atoms with Crippen molar-refractivity contribution in [2.24, 2.45) is 0 Å². The van der Waals surface area contributed by atoms with Gasteiger partial charge in [-0.3, -0.25) is 9.36 Å². The molecule has 0 aliphatic rings. The van der Waals surface area contributed by atoms with E-state index in [1.807, 2.05) is 42.5 Å². The molecule has 1 aromatic heterocycles. The number of hydrogen-bond donors (Lipinski definition) is 1. The first kappa shape index (κ1) is 18.8. The average molecular weight is 373 g/mol. The van der Waals surface area contributed by atoms with Gasteiger partial charge in [-0.05, 0) is 17.9 Å². The monoisotopic (exact) mass is 373 g/mol. The molecule has 0 aliphatic heterocycles. The van der Waals surface area contributed by atoms with Gasteiger partial charge in [-0.1, -0.05) is 36.4 Å². The molecule has 0 atom stereocenters. The number of nitrogens with zero attached hydrogens (tertiary/aromatic N) is 2. The fourth-order valence-corrected chi connectivity index (χ4v) is 2.85. The van der Waals surface area contributed by atoms with Gasteiger partial charge >= 0.3 is 6.55 Å². The summed E-state index contributed by atoms with van der Waals surface area (Å²) in [5.41, 5.74) is 0. The molecule has 3 aromatic rings. The van der Waals surface area contributed by atoms with Crippen LogP contribution in [0.25, 0.3) is 10.8 Å². The van der Waals surface area contributed by atoms with Gasteiger partial charge in [0.25, 0.3) is 0 Å². The number of benzene rings is 2. The molecule has 7 heteroatoms. The molecule has 0 aliphatic carbocycles. The third kappa shape index (κ3) is 5.03. The summed E-state index contributed by atoms with van der Waals surface area (Å²) in [7, 11) is 0. The minimum absolute atomic E-state index is 0.133. The predicted octanol–water partition coefficient (Wildman–Crippen LogP) is 3.95. The molecule has 0 spiro atoms. The van der Waals surface area contributed by atoms with Gasteiger partial charge in [0.15, 0.2) is 0 Å². The van der Waals surface area contributed by atoms with E-state index in [1.165, 1.54) is 12.4 Å². The molecular weight excluding hydrogens is 352 g/mol. The Labute approximate surface area is 156 Å². The minimum Gasteiger partial charge on any atom is -0.493 e. The highest BCUT2D eigenvalue weighted by Crippen LogP contribution is 2.25. The largest absolute Gasteiger partial charge is 0.493 e. The number of ether oxygens (including phenoxy) is 1. The summed E-state index contributed by atoms with van der Waals surface area (Å²) in [6.45, 7) is -1.92. The van der Waals surface area contributed by atoms with Crippen molar-refractivity contribution in [1.82, 2.24) is 14.9 Å². The van der Waals surface area contributed by atoms with Crippen LogP contribution in [0.2, 0.25) is 0 Å². The van der Waals surface area contributed by atoms with Crippen LogP contribution in [0.1, 0.15) is 25.2 Å². The molecule has 0 bridgehead atoms. The van der Waals surface area contributed by atoms with Crippen LogP contribution in [-0.2, 0) is 11.2 Å². The smallest absolute Gasteiger partial charge is 0.319 e. The maximum Gasteiger partial charge on any atom is 0.319 e. The van der Waals surface area contributed by atoms with E-state index in [0.29, 0.717) is 19.4 Å². The summed E-state index contributed by atoms with van der Waals surface area (Å²) >= 11 is 0. The van der Waals surface area contributed by atoms with Crippen molar-refractivity contribution < 1.29 is 18.3 Å². The van der Waals surface area contributed by atoms with E-state index in [2.05, 4.69) is 10.3 Å². The summed E-state index contributed by atoms with van der Waals surface area (Å²) < 4.78 is 32.0. The van der Waals surface area contributed by atoms with Crippen molar-refractivity contribution in [2.45, 2.75) is 25.8 Å². The second kappa shape index (κ2) is 9.12. The highest BCUT2D eigenvalue weighted by Gasteiger charge is 2.11. The average Bonchev–Trinajstić information content (AvgIpc) is 3.14. The zero-order valence-corrected chi connectivity index (χ0v) is 14.8. The second-order valence-electron chi connectivity index (χ2n) is 6.06. The minimum atomic E-state index is -2.62. The first-order valence-corrected chi connectivity index (χ1v) is 8.82. The van der Waals surface area contributed by atoms with Gasteiger partial charge in [0.1, 0.15) is 11.6 Å². The van der Waals surface area contributed by atoms with Crippen LogP contribution in [0.5, 0.6) is 5.75 Å². The second-order valence-corrected chi connectivity index (χ2v) is 6.06. The van der Waals surface area contributed by atoms with Crippen LogP contribution in [-0.4, -0.2) is 28.6 Å². The maximum atomic E-state index is 12.7. The van der Waals surface area contributed by atoms with Gasteiger partial charge in [-0.25, -0.2) is 4.98 Å². The molecule has 1 heterocycles. The number of aromatic nitrogens is 2. The van der Waals surface area contributed by atoms with Crippen molar-refractivity contribution in [3.05, 3.63) is 60.7 Å². The third-order valence-corrected chi connectivity index (χ3v) is 4.19. The van der Waals surface area contributed by atoms with E-state index in [4.69, 9.17) is 4.74 Å². The molecule has 0 fully saturated rings. The number of rotatable bonds is 9. The van der Waals surface area contributed by atoms with Crippen molar-refractivity contribution >= 4 is 16.7 Å². The fraction of sp³-hybridized carbons (Fsp3) is 0.300. The number of alkyl halides is 2. The van der Waals surface area contributed by atoms with Gasteiger partial charge in [0.05, 0.1) is 6.61 Å². The molecule has 142 valence electrons. The van der Waals surface area contributed by atoms with E-state index in [0.717, 1.165) is 21.1 Å². The van der Waals surface area contributed by atoms with E-state index < -0.39 is 6.55 Å². The highest BCUT2D eigenvalue weighted by atomic mass is 19.3. The van der Waals surface area contributed by atoms with Crippen LogP contribution in [0.3, 0.4) is 0 Å². The molecule has 0 radical (unpaired) electrons. The molecule has 1 N–H and O–H groups in total. The number of carbonyl (C=O) groups is 1. The summed E-state index contributed by atoms with van der Waals surface area (Å²) in [5.74, 6) is 0.920. The van der Waals surface area contributed by atoms with Crippen LogP contribution in [0, 0.1) is 0 Å². The molecular formula is C20H21F2N3O2. The fourth-order valence-electron chi connectivity index (χ4n) is 2.85. The van der Waals surface area contributed by atoms with E-state index in [-0.39, 0.29) is 24.7 Å². The summed E-state index contributed by atoms with van der Waals surface area (Å²) in [4.78, 5) is 15.8. The molecule has 0 saturated heterocycles. The lowest BCUT2D eigenvalue weighted by atomic mass is 10.1. The number of amides is 1. The van der Waals surface area contributed by atoms with Crippen LogP contribution in [0.15, 0.2) is 54.9 Å². The number of halogens is 2. The lowest BCUT2D eigenvalue weighted by Gasteiger charge is -2.10. The Morgan fingerprint density at radius 1 is 1.19 bits per heavy atom. The van der Waals surface area contributed by atoms with Crippen LogP contribution in [0.4, 0.5) is 8.78 Å². The normalized spacial score (nSPS) is 11.1. The number of carbonyl (C=O) groups excluding carboxylic acids is 1. The van der Waals surface area contributed by atoms with Crippen LogP contribution >= 0.6 is 0 Å². The first-order valence-electron chi connectivity index (χ1n) is 8.82. The topological polar surface area (TPSA) is 56.1 Å². The zero-order chi connectivity index (χ0) is 19.1. The van der Waals surface area contributed by atoms with Crippen molar-refractivity contribution in [1.29, 1.82) is 0 Å². The van der Waals surface area contributed by atoms with Crippen LogP contribution < -0.4 is 10.1 Å². The van der Waals surface area contributed by atoms with Gasteiger partial charge in [-0.15, -0.1) is 0 Å². The SMILES string of the molecule is O=C(CCCOc1cccc2ccccc12)NCCc1nccn1C(F)F. The van der Waals surface area contributed by atoms with Crippen molar-refractivity contribution in [2.75, 3.05) is 13.2 Å². The predicted molar refractivity (Wildman–Crippen MR) is 98.9 cm³/mol. The highest BCUT2D eigenvalue weighted by molar-refractivity contribution is 5.88. The van der Waals surface area contributed by atoms with E-state index in [1.54, 1.807) is 0 Å². The molecule has 1 amide bonds. The van der Waals surface area contributed by atoms with Gasteiger partial charge < -0.3 is 10.1 Å². The standard InChI is InChI=1S/C20H21F2N3O2/c21-20(22)25-13-12-23-18(25)10-11-24-19(26)9-4-14-27-17-8-3-6-15-5-1-2-7-16(15)17/h1-3,5-8,12-13,20H,4,9-11,14H2,(H,24,26). The summed E-state index contributed by atoms with van der Waals surface area (Å²) in [6.07, 6.45) is 3.70. The molecule has 2 aromatic carbocycles. The van der Waals surface area contributed by atoms with E-state index in [9.17, 15) is 13.6 Å². The number of imidazole rings is 1. The van der Waals surface area contributed by atoms with Gasteiger partial charge in [-0.2, -0.15) is 8.78 Å². The third-order valence-electron chi connectivity index (χ3n) is 4.19. The molecule has 5 nitrogen and oxygen atoms in total. The Bertz CT molecular complexity index is 890. The Balaban J connectivity index is 1.38. The molecule has 0 saturated carbocycles. The number of nitrogens with one attached hydrogen (secondary N) is 1. The molecule has 27 heavy (non-hydrogen) atoms. The number of hydrogen-bond acceptors (Lipinski definition) is 3. The van der Waals surface area contributed by atoms with Gasteiger partial charge in [0.2, 0.25) is 5.91 Å².